The fourth-order valence-electron chi connectivity index (χ4n) is 2.15. The van der Waals surface area contributed by atoms with Crippen molar-refractivity contribution >= 4 is 11.9 Å². The van der Waals surface area contributed by atoms with Gasteiger partial charge in [-0.05, 0) is 25.5 Å². The monoisotopic (exact) mass is 301 g/mol. The van der Waals surface area contributed by atoms with E-state index in [1.165, 1.54) is 4.68 Å². The second-order valence-electron chi connectivity index (χ2n) is 5.38. The first-order chi connectivity index (χ1) is 10.4. The largest absolute Gasteiger partial charge is 0.481 e. The molecule has 1 heterocycles. The Morgan fingerprint density at radius 1 is 1.32 bits per heavy atom. The Bertz CT molecular complexity index is 640. The summed E-state index contributed by atoms with van der Waals surface area (Å²) in [6, 6.07) is 10.1. The quantitative estimate of drug-likeness (QED) is 0.849. The zero-order valence-electron chi connectivity index (χ0n) is 12.6. The van der Waals surface area contributed by atoms with Crippen molar-refractivity contribution in [3.05, 3.63) is 54.4 Å². The van der Waals surface area contributed by atoms with Crippen molar-refractivity contribution < 1.29 is 14.7 Å². The van der Waals surface area contributed by atoms with E-state index in [4.69, 9.17) is 0 Å². The molecule has 0 aliphatic heterocycles. The van der Waals surface area contributed by atoms with Gasteiger partial charge in [0.05, 0.1) is 0 Å². The number of hydrogen-bond acceptors (Lipinski definition) is 3. The summed E-state index contributed by atoms with van der Waals surface area (Å²) in [7, 11) is 0. The van der Waals surface area contributed by atoms with E-state index >= 15 is 0 Å². The average molecular weight is 301 g/mol. The molecule has 2 atom stereocenters. The number of aliphatic carboxylic acids is 1. The van der Waals surface area contributed by atoms with Crippen LogP contribution >= 0.6 is 0 Å². The Hall–Kier alpha value is -2.63. The first-order valence-corrected chi connectivity index (χ1v) is 7.01. The van der Waals surface area contributed by atoms with Crippen LogP contribution in [0.1, 0.15) is 25.5 Å². The van der Waals surface area contributed by atoms with E-state index in [1.54, 1.807) is 56.6 Å². The summed E-state index contributed by atoms with van der Waals surface area (Å²) in [5.74, 6) is -1.25. The summed E-state index contributed by atoms with van der Waals surface area (Å²) in [5, 5.41) is 16.3. The number of benzene rings is 1. The van der Waals surface area contributed by atoms with Gasteiger partial charge in [0.2, 0.25) is 5.91 Å². The molecular weight excluding hydrogens is 282 g/mol. The van der Waals surface area contributed by atoms with Crippen molar-refractivity contribution in [2.75, 3.05) is 6.54 Å². The van der Waals surface area contributed by atoms with Crippen molar-refractivity contribution in [1.82, 2.24) is 15.1 Å². The van der Waals surface area contributed by atoms with Gasteiger partial charge in [0, 0.05) is 18.9 Å². The number of aromatic nitrogens is 2. The normalized spacial score (nSPS) is 14.8. The van der Waals surface area contributed by atoms with Crippen LogP contribution in [0.25, 0.3) is 0 Å². The van der Waals surface area contributed by atoms with Gasteiger partial charge in [-0.15, -0.1) is 0 Å². The van der Waals surface area contributed by atoms with Crippen LogP contribution in [-0.2, 0) is 15.0 Å². The number of hydrogen-bond donors (Lipinski definition) is 2. The van der Waals surface area contributed by atoms with Gasteiger partial charge in [0.1, 0.15) is 11.5 Å². The fraction of sp³-hybridized carbons (Fsp3) is 0.312. The van der Waals surface area contributed by atoms with Crippen molar-refractivity contribution in [2.24, 2.45) is 0 Å². The van der Waals surface area contributed by atoms with Crippen molar-refractivity contribution in [3.8, 4) is 0 Å². The lowest BCUT2D eigenvalue weighted by atomic mass is 9.82. The fourth-order valence-corrected chi connectivity index (χ4v) is 2.15. The van der Waals surface area contributed by atoms with Crippen LogP contribution in [0.4, 0.5) is 0 Å². The molecule has 0 radical (unpaired) electrons. The third kappa shape index (κ3) is 3.16. The Morgan fingerprint density at radius 2 is 2.00 bits per heavy atom. The standard InChI is InChI=1S/C16H19N3O3/c1-12(19-10-6-9-18-19)14(20)17-11-16(2,15(21)22)13-7-4-3-5-8-13/h3-10,12H,11H2,1-2H3,(H,17,20)(H,21,22). The van der Waals surface area contributed by atoms with Gasteiger partial charge in [0.15, 0.2) is 0 Å². The first-order valence-electron chi connectivity index (χ1n) is 7.01. The summed E-state index contributed by atoms with van der Waals surface area (Å²) >= 11 is 0. The highest BCUT2D eigenvalue weighted by molar-refractivity contribution is 5.84. The van der Waals surface area contributed by atoms with E-state index < -0.39 is 17.4 Å². The highest BCUT2D eigenvalue weighted by Gasteiger charge is 2.36. The molecule has 116 valence electrons. The Morgan fingerprint density at radius 3 is 2.55 bits per heavy atom. The number of nitrogens with zero attached hydrogens (tertiary/aromatic N) is 2. The molecule has 0 bridgehead atoms. The van der Waals surface area contributed by atoms with Gasteiger partial charge < -0.3 is 10.4 Å². The molecule has 0 aliphatic carbocycles. The molecule has 6 heteroatoms. The number of amides is 1. The van der Waals surface area contributed by atoms with Crippen LogP contribution in [-0.4, -0.2) is 33.3 Å². The number of nitrogens with one attached hydrogen (secondary N) is 1. The number of carboxylic acids is 1. The molecule has 2 unspecified atom stereocenters. The van der Waals surface area contributed by atoms with Gasteiger partial charge >= 0.3 is 5.97 Å². The second-order valence-corrected chi connectivity index (χ2v) is 5.38. The molecule has 22 heavy (non-hydrogen) atoms. The predicted octanol–water partition coefficient (Wildman–Crippen LogP) is 1.60. The maximum atomic E-state index is 12.2. The average Bonchev–Trinajstić information content (AvgIpc) is 3.06. The first kappa shape index (κ1) is 15.8. The van der Waals surface area contributed by atoms with E-state index in [0.29, 0.717) is 5.56 Å². The minimum atomic E-state index is -1.18. The third-order valence-electron chi connectivity index (χ3n) is 3.80. The van der Waals surface area contributed by atoms with Crippen molar-refractivity contribution in [2.45, 2.75) is 25.3 Å². The van der Waals surface area contributed by atoms with Crippen LogP contribution in [0, 0.1) is 0 Å². The maximum absolute atomic E-state index is 12.2. The van der Waals surface area contributed by atoms with Crippen molar-refractivity contribution in [3.63, 3.8) is 0 Å². The van der Waals surface area contributed by atoms with Crippen LogP contribution in [0.3, 0.4) is 0 Å². The molecule has 6 nitrogen and oxygen atoms in total. The molecule has 0 saturated carbocycles. The Balaban J connectivity index is 2.10. The molecule has 0 aliphatic rings. The number of carboxylic acid groups (broad SMARTS) is 1. The minimum absolute atomic E-state index is 0.0107. The molecule has 0 spiro atoms. The molecule has 2 N–H and O–H groups in total. The Labute approximate surface area is 128 Å². The third-order valence-corrected chi connectivity index (χ3v) is 3.80. The Kier molecular flexibility index (Phi) is 4.60. The molecule has 1 aromatic heterocycles. The lowest BCUT2D eigenvalue weighted by Gasteiger charge is -2.26. The molecule has 1 aromatic carbocycles. The topological polar surface area (TPSA) is 84.2 Å². The van der Waals surface area contributed by atoms with Gasteiger partial charge in [-0.2, -0.15) is 5.10 Å². The van der Waals surface area contributed by atoms with Gasteiger partial charge in [0.25, 0.3) is 0 Å². The summed E-state index contributed by atoms with van der Waals surface area (Å²) in [6.45, 7) is 3.32. The van der Waals surface area contributed by atoms with Crippen LogP contribution in [0.2, 0.25) is 0 Å². The molecule has 2 rings (SSSR count). The molecule has 0 fully saturated rings. The SMILES string of the molecule is CC(C(=O)NCC(C)(C(=O)O)c1ccccc1)n1cccn1. The highest BCUT2D eigenvalue weighted by atomic mass is 16.4. The highest BCUT2D eigenvalue weighted by Crippen LogP contribution is 2.23. The predicted molar refractivity (Wildman–Crippen MR) is 81.4 cm³/mol. The van der Waals surface area contributed by atoms with E-state index in [-0.39, 0.29) is 12.5 Å². The van der Waals surface area contributed by atoms with Gasteiger partial charge in [-0.25, -0.2) is 0 Å². The molecular formula is C16H19N3O3. The zero-order valence-corrected chi connectivity index (χ0v) is 12.6. The van der Waals surface area contributed by atoms with E-state index in [0.717, 1.165) is 0 Å². The van der Waals surface area contributed by atoms with E-state index in [9.17, 15) is 14.7 Å². The molecule has 0 saturated heterocycles. The zero-order chi connectivity index (χ0) is 16.2. The lowest BCUT2D eigenvalue weighted by molar-refractivity contribution is -0.143. The molecule has 2 aromatic rings. The van der Waals surface area contributed by atoms with E-state index in [1.807, 2.05) is 6.07 Å². The summed E-state index contributed by atoms with van der Waals surface area (Å²) in [6.07, 6.45) is 3.28. The van der Waals surface area contributed by atoms with Crippen LogP contribution in [0.5, 0.6) is 0 Å². The number of carbonyl (C=O) groups excluding carboxylic acids is 1. The summed E-state index contributed by atoms with van der Waals surface area (Å²) in [4.78, 5) is 23.8. The van der Waals surface area contributed by atoms with Gasteiger partial charge in [-0.1, -0.05) is 30.3 Å². The summed E-state index contributed by atoms with van der Waals surface area (Å²) in [5.41, 5.74) is -0.532. The van der Waals surface area contributed by atoms with Crippen LogP contribution in [0.15, 0.2) is 48.8 Å². The van der Waals surface area contributed by atoms with E-state index in [2.05, 4.69) is 10.4 Å². The van der Waals surface area contributed by atoms with Crippen LogP contribution < -0.4 is 5.32 Å². The second kappa shape index (κ2) is 6.43. The lowest BCUT2D eigenvalue weighted by Crippen LogP contribution is -2.45. The molecule has 1 amide bonds. The summed E-state index contributed by atoms with van der Waals surface area (Å²) < 4.78 is 1.52. The minimum Gasteiger partial charge on any atom is -0.481 e. The van der Waals surface area contributed by atoms with Gasteiger partial charge in [-0.3, -0.25) is 14.3 Å². The number of carbonyl (C=O) groups is 2. The van der Waals surface area contributed by atoms with Crippen molar-refractivity contribution in [1.29, 1.82) is 0 Å². The maximum Gasteiger partial charge on any atom is 0.315 e. The smallest absolute Gasteiger partial charge is 0.315 e. The number of rotatable bonds is 6.